The molecule has 4 aromatic heterocycles. The number of halogens is 1. The fourth-order valence-corrected chi connectivity index (χ4v) is 6.36. The molecule has 11 nitrogen and oxygen atoms in total. The van der Waals surface area contributed by atoms with Gasteiger partial charge in [0.2, 0.25) is 5.95 Å². The lowest BCUT2D eigenvalue weighted by Gasteiger charge is -2.34. The molecular formula is C28H31FN8O3S. The van der Waals surface area contributed by atoms with Gasteiger partial charge in [0.25, 0.3) is 10.0 Å². The van der Waals surface area contributed by atoms with Crippen molar-refractivity contribution in [1.82, 2.24) is 29.1 Å². The van der Waals surface area contributed by atoms with E-state index < -0.39 is 21.6 Å². The Morgan fingerprint density at radius 1 is 1.05 bits per heavy atom. The van der Waals surface area contributed by atoms with Crippen LogP contribution in [0.25, 0.3) is 22.6 Å². The van der Waals surface area contributed by atoms with Crippen LogP contribution in [0.3, 0.4) is 0 Å². The molecule has 2 saturated carbocycles. The summed E-state index contributed by atoms with van der Waals surface area (Å²) < 4.78 is 40.4. The SMILES string of the molecule is Cc1ccc(-c2cnc(Nc3ccnc(-c4cnn(S(=O)(=O)C5CC5)c4)n3)cc2NC2CCC(C)(O)CC2)nc1F. The fourth-order valence-electron chi connectivity index (χ4n) is 4.88. The third-order valence-electron chi connectivity index (χ3n) is 7.57. The monoisotopic (exact) mass is 578 g/mol. The minimum Gasteiger partial charge on any atom is -0.390 e. The van der Waals surface area contributed by atoms with Crippen molar-refractivity contribution in [2.24, 2.45) is 0 Å². The molecule has 0 unspecified atom stereocenters. The summed E-state index contributed by atoms with van der Waals surface area (Å²) in [4.78, 5) is 17.5. The number of hydrogen-bond acceptors (Lipinski definition) is 10. The molecular weight excluding hydrogens is 547 g/mol. The zero-order valence-corrected chi connectivity index (χ0v) is 23.6. The van der Waals surface area contributed by atoms with Crippen LogP contribution in [0.5, 0.6) is 0 Å². The van der Waals surface area contributed by atoms with E-state index in [4.69, 9.17) is 0 Å². The first kappa shape index (κ1) is 27.2. The molecule has 0 saturated heterocycles. The van der Waals surface area contributed by atoms with Gasteiger partial charge in [-0.15, -0.1) is 0 Å². The zero-order chi connectivity index (χ0) is 28.8. The Morgan fingerprint density at radius 2 is 1.83 bits per heavy atom. The number of nitrogens with one attached hydrogen (secondary N) is 2. The molecule has 0 aromatic carbocycles. The highest BCUT2D eigenvalue weighted by Gasteiger charge is 2.37. The number of pyridine rings is 2. The molecule has 2 aliphatic carbocycles. The second-order valence-electron chi connectivity index (χ2n) is 11.1. The van der Waals surface area contributed by atoms with Crippen molar-refractivity contribution in [3.63, 3.8) is 0 Å². The van der Waals surface area contributed by atoms with Crippen LogP contribution in [0.4, 0.5) is 21.7 Å². The van der Waals surface area contributed by atoms with Crippen LogP contribution in [0.15, 0.2) is 49.1 Å². The quantitative estimate of drug-likeness (QED) is 0.256. The highest BCUT2D eigenvalue weighted by molar-refractivity contribution is 7.90. The lowest BCUT2D eigenvalue weighted by atomic mass is 9.83. The second kappa shape index (κ2) is 10.5. The van der Waals surface area contributed by atoms with Crippen LogP contribution in [-0.4, -0.2) is 59.5 Å². The Labute approximate surface area is 237 Å². The van der Waals surface area contributed by atoms with Gasteiger partial charge in [0.1, 0.15) is 11.6 Å². The third kappa shape index (κ3) is 5.91. The predicted octanol–water partition coefficient (Wildman–Crippen LogP) is 4.43. The average Bonchev–Trinajstić information content (AvgIpc) is 3.69. The van der Waals surface area contributed by atoms with Crippen molar-refractivity contribution in [1.29, 1.82) is 0 Å². The molecule has 3 N–H and O–H groups in total. The van der Waals surface area contributed by atoms with Gasteiger partial charge in [-0.25, -0.2) is 28.4 Å². The molecule has 0 spiro atoms. The summed E-state index contributed by atoms with van der Waals surface area (Å²) in [7, 11) is -3.49. The molecule has 0 aliphatic heterocycles. The lowest BCUT2D eigenvalue weighted by Crippen LogP contribution is -2.35. The summed E-state index contributed by atoms with van der Waals surface area (Å²) in [6.45, 7) is 3.52. The number of anilines is 3. The van der Waals surface area contributed by atoms with Crippen LogP contribution in [-0.2, 0) is 10.0 Å². The molecule has 2 aliphatic rings. The lowest BCUT2D eigenvalue weighted by molar-refractivity contribution is 0.0196. The summed E-state index contributed by atoms with van der Waals surface area (Å²) in [6.07, 6.45) is 10.3. The number of aryl methyl sites for hydroxylation is 1. The largest absolute Gasteiger partial charge is 0.390 e. The third-order valence-corrected chi connectivity index (χ3v) is 9.61. The van der Waals surface area contributed by atoms with Crippen molar-refractivity contribution in [3.8, 4) is 22.6 Å². The molecule has 4 heterocycles. The van der Waals surface area contributed by atoms with E-state index in [0.717, 1.165) is 22.6 Å². The van der Waals surface area contributed by atoms with E-state index in [1.165, 1.54) is 12.4 Å². The topological polar surface area (TPSA) is 148 Å². The summed E-state index contributed by atoms with van der Waals surface area (Å²) in [5.74, 6) is 0.720. The Balaban J connectivity index is 1.27. The normalized spacial score (nSPS) is 21.0. The van der Waals surface area contributed by atoms with Gasteiger partial charge in [0.05, 0.1) is 34.5 Å². The first-order chi connectivity index (χ1) is 19.6. The average molecular weight is 579 g/mol. The highest BCUT2D eigenvalue weighted by atomic mass is 32.2. The van der Waals surface area contributed by atoms with Gasteiger partial charge in [-0.05, 0) is 64.5 Å². The molecule has 0 radical (unpaired) electrons. The van der Waals surface area contributed by atoms with E-state index in [9.17, 15) is 17.9 Å². The summed E-state index contributed by atoms with van der Waals surface area (Å²) in [6, 6.07) is 7.07. The Kier molecular flexibility index (Phi) is 6.94. The van der Waals surface area contributed by atoms with Crippen LogP contribution in [0.1, 0.15) is 51.0 Å². The minimum absolute atomic E-state index is 0.119. The predicted molar refractivity (Wildman–Crippen MR) is 153 cm³/mol. The molecule has 214 valence electrons. The van der Waals surface area contributed by atoms with E-state index >= 15 is 0 Å². The molecule has 0 amide bonds. The van der Waals surface area contributed by atoms with E-state index in [1.54, 1.807) is 37.5 Å². The molecule has 0 atom stereocenters. The van der Waals surface area contributed by atoms with Crippen molar-refractivity contribution in [2.75, 3.05) is 10.6 Å². The fraction of sp³-hybridized carbons (Fsp3) is 0.393. The Hall–Kier alpha value is -3.97. The van der Waals surface area contributed by atoms with Gasteiger partial charge in [0.15, 0.2) is 5.82 Å². The summed E-state index contributed by atoms with van der Waals surface area (Å²) in [5, 5.41) is 20.8. The van der Waals surface area contributed by atoms with Crippen LogP contribution >= 0.6 is 0 Å². The van der Waals surface area contributed by atoms with Crippen LogP contribution < -0.4 is 10.6 Å². The number of rotatable bonds is 8. The molecule has 13 heteroatoms. The maximum absolute atomic E-state index is 14.3. The van der Waals surface area contributed by atoms with Crippen molar-refractivity contribution < 1.29 is 17.9 Å². The van der Waals surface area contributed by atoms with Crippen molar-refractivity contribution in [2.45, 2.75) is 69.3 Å². The second-order valence-corrected chi connectivity index (χ2v) is 13.1. The Bertz CT molecular complexity index is 1690. The number of hydrogen-bond donors (Lipinski definition) is 3. The molecule has 6 rings (SSSR count). The molecule has 41 heavy (non-hydrogen) atoms. The van der Waals surface area contributed by atoms with Gasteiger partial charge >= 0.3 is 0 Å². The van der Waals surface area contributed by atoms with Gasteiger partial charge in [0, 0.05) is 41.3 Å². The Morgan fingerprint density at radius 3 is 2.56 bits per heavy atom. The molecule has 0 bridgehead atoms. The number of aromatic nitrogens is 6. The first-order valence-electron chi connectivity index (χ1n) is 13.6. The van der Waals surface area contributed by atoms with Gasteiger partial charge in [-0.2, -0.15) is 13.6 Å². The number of aliphatic hydroxyl groups is 1. The smallest absolute Gasteiger partial charge is 0.256 e. The molecule has 4 aromatic rings. The van der Waals surface area contributed by atoms with Gasteiger partial charge in [-0.3, -0.25) is 0 Å². The van der Waals surface area contributed by atoms with Crippen molar-refractivity contribution in [3.05, 3.63) is 60.6 Å². The van der Waals surface area contributed by atoms with Gasteiger partial charge in [-0.1, -0.05) is 6.07 Å². The minimum atomic E-state index is -3.49. The van der Waals surface area contributed by atoms with Crippen LogP contribution in [0, 0.1) is 12.9 Å². The standard InChI is InChI=1S/C28H31FN8O3S/c1-17-3-6-22(34-26(17)29)21-15-31-25(13-23(21)33-19-7-10-28(2,38)11-8-19)35-24-9-12-30-27(36-24)18-14-32-37(16-18)41(39,40)20-4-5-20/h3,6,9,12-16,19-20,38H,4-5,7-8,10-11H2,1-2H3,(H2,30,31,33,35,36). The van der Waals surface area contributed by atoms with E-state index in [-0.39, 0.29) is 11.3 Å². The van der Waals surface area contributed by atoms with Gasteiger partial charge < -0.3 is 15.7 Å². The van der Waals surface area contributed by atoms with E-state index in [1.807, 2.05) is 13.0 Å². The highest BCUT2D eigenvalue weighted by Crippen LogP contribution is 2.34. The summed E-state index contributed by atoms with van der Waals surface area (Å²) >= 11 is 0. The maximum atomic E-state index is 14.3. The van der Waals surface area contributed by atoms with Crippen molar-refractivity contribution >= 4 is 27.3 Å². The van der Waals surface area contributed by atoms with E-state index in [2.05, 4.69) is 35.7 Å². The first-order valence-corrected chi connectivity index (χ1v) is 15.1. The van der Waals surface area contributed by atoms with E-state index in [0.29, 0.717) is 65.5 Å². The zero-order valence-electron chi connectivity index (χ0n) is 22.7. The summed E-state index contributed by atoms with van der Waals surface area (Å²) in [5.41, 5.74) is 2.10. The maximum Gasteiger partial charge on any atom is 0.256 e. The molecule has 2 fully saturated rings. The van der Waals surface area contributed by atoms with Crippen LogP contribution in [0.2, 0.25) is 0 Å². The number of nitrogens with zero attached hydrogens (tertiary/aromatic N) is 6.